The van der Waals surface area contributed by atoms with Crippen molar-refractivity contribution in [2.24, 2.45) is 10.2 Å². The van der Waals surface area contributed by atoms with E-state index in [9.17, 15) is 9.50 Å². The molecule has 0 radical (unpaired) electrons. The number of azo groups is 1. The van der Waals surface area contributed by atoms with E-state index in [1.807, 2.05) is 13.0 Å². The van der Waals surface area contributed by atoms with Crippen LogP contribution in [0.2, 0.25) is 0 Å². The summed E-state index contributed by atoms with van der Waals surface area (Å²) in [6.07, 6.45) is 0.831. The zero-order valence-corrected chi connectivity index (χ0v) is 11.9. The van der Waals surface area contributed by atoms with Crippen molar-refractivity contribution in [2.75, 3.05) is 0 Å². The van der Waals surface area contributed by atoms with Crippen LogP contribution in [0.4, 0.5) is 15.8 Å². The van der Waals surface area contributed by atoms with Crippen LogP contribution < -0.4 is 0 Å². The second-order valence-electron chi connectivity index (χ2n) is 3.98. The highest BCUT2D eigenvalue weighted by Gasteiger charge is 2.07. The van der Waals surface area contributed by atoms with Crippen LogP contribution in [0.3, 0.4) is 0 Å². The number of phenolic OH excluding ortho intramolecular Hbond substituents is 1. The van der Waals surface area contributed by atoms with Gasteiger partial charge in [-0.25, -0.2) is 4.39 Å². The lowest BCUT2D eigenvalue weighted by Gasteiger charge is -2.04. The molecular formula is C14H12BrFN2O. The Bertz CT molecular complexity index is 612. The van der Waals surface area contributed by atoms with Crippen molar-refractivity contribution in [3.05, 3.63) is 52.3 Å². The van der Waals surface area contributed by atoms with Gasteiger partial charge >= 0.3 is 0 Å². The number of halogens is 2. The third-order valence-electron chi connectivity index (χ3n) is 2.61. The lowest BCUT2D eigenvalue weighted by molar-refractivity contribution is 0.473. The first kappa shape index (κ1) is 13.7. The second kappa shape index (κ2) is 5.93. The van der Waals surface area contributed by atoms with Gasteiger partial charge in [-0.2, -0.15) is 5.11 Å². The highest BCUT2D eigenvalue weighted by Crippen LogP contribution is 2.36. The smallest absolute Gasteiger partial charge is 0.157 e. The average Bonchev–Trinajstić information content (AvgIpc) is 2.42. The number of aromatic hydroxyl groups is 1. The van der Waals surface area contributed by atoms with Gasteiger partial charge < -0.3 is 5.11 Å². The summed E-state index contributed by atoms with van der Waals surface area (Å²) in [5.41, 5.74) is 1.95. The van der Waals surface area contributed by atoms with Gasteiger partial charge in [0.2, 0.25) is 0 Å². The van der Waals surface area contributed by atoms with Gasteiger partial charge in [-0.15, -0.1) is 5.11 Å². The van der Waals surface area contributed by atoms with E-state index in [2.05, 4.69) is 26.2 Å². The van der Waals surface area contributed by atoms with Gasteiger partial charge in [-0.3, -0.25) is 0 Å². The van der Waals surface area contributed by atoms with E-state index >= 15 is 0 Å². The summed E-state index contributed by atoms with van der Waals surface area (Å²) in [6.45, 7) is 2.01. The van der Waals surface area contributed by atoms with Crippen LogP contribution in [-0.4, -0.2) is 5.11 Å². The Hall–Kier alpha value is -1.75. The average molecular weight is 323 g/mol. The van der Waals surface area contributed by atoms with Crippen LogP contribution in [-0.2, 0) is 6.42 Å². The van der Waals surface area contributed by atoms with Gasteiger partial charge in [-0.05, 0) is 64.3 Å². The Kier molecular flexibility index (Phi) is 4.27. The molecule has 0 amide bonds. The van der Waals surface area contributed by atoms with Crippen molar-refractivity contribution in [1.29, 1.82) is 0 Å². The second-order valence-corrected chi connectivity index (χ2v) is 4.83. The number of hydrogen-bond acceptors (Lipinski definition) is 3. The van der Waals surface area contributed by atoms with Gasteiger partial charge in [0.1, 0.15) is 11.5 Å². The van der Waals surface area contributed by atoms with Crippen molar-refractivity contribution in [3.8, 4) is 5.75 Å². The summed E-state index contributed by atoms with van der Waals surface area (Å²) < 4.78 is 13.3. The minimum absolute atomic E-state index is 0.0445. The summed E-state index contributed by atoms with van der Waals surface area (Å²) >= 11 is 3.27. The van der Waals surface area contributed by atoms with E-state index in [0.29, 0.717) is 15.8 Å². The summed E-state index contributed by atoms with van der Waals surface area (Å²) in [6, 6.07) is 9.28. The van der Waals surface area contributed by atoms with Crippen LogP contribution in [0.5, 0.6) is 5.75 Å². The molecular weight excluding hydrogens is 311 g/mol. The van der Waals surface area contributed by atoms with E-state index in [1.54, 1.807) is 6.07 Å². The van der Waals surface area contributed by atoms with Crippen molar-refractivity contribution in [3.63, 3.8) is 0 Å². The van der Waals surface area contributed by atoms with Crippen LogP contribution in [0.15, 0.2) is 51.1 Å². The molecule has 0 fully saturated rings. The molecule has 5 heteroatoms. The number of nitrogens with zero attached hydrogens (tertiary/aromatic N) is 2. The molecule has 1 N–H and O–H groups in total. The molecule has 2 aromatic carbocycles. The fourth-order valence-corrected chi connectivity index (χ4v) is 2.04. The predicted molar refractivity (Wildman–Crippen MR) is 75.8 cm³/mol. The Morgan fingerprint density at radius 3 is 2.47 bits per heavy atom. The zero-order chi connectivity index (χ0) is 13.8. The third-order valence-corrected chi connectivity index (χ3v) is 3.22. The molecule has 0 saturated carbocycles. The maximum atomic E-state index is 12.7. The largest absolute Gasteiger partial charge is 0.505 e. The quantitative estimate of drug-likeness (QED) is 0.768. The first-order valence-electron chi connectivity index (χ1n) is 5.79. The van der Waals surface area contributed by atoms with Crippen LogP contribution in [0.1, 0.15) is 12.5 Å². The van der Waals surface area contributed by atoms with Gasteiger partial charge in [-0.1, -0.05) is 6.92 Å². The molecule has 0 aliphatic carbocycles. The first-order chi connectivity index (χ1) is 9.10. The summed E-state index contributed by atoms with van der Waals surface area (Å²) in [7, 11) is 0. The highest BCUT2D eigenvalue weighted by atomic mass is 79.9. The minimum atomic E-state index is -0.322. The van der Waals surface area contributed by atoms with E-state index in [0.717, 1.165) is 12.0 Å². The fraction of sp³-hybridized carbons (Fsp3) is 0.143. The highest BCUT2D eigenvalue weighted by molar-refractivity contribution is 9.10. The molecule has 0 atom stereocenters. The molecule has 0 heterocycles. The van der Waals surface area contributed by atoms with E-state index in [1.165, 1.54) is 24.3 Å². The van der Waals surface area contributed by atoms with E-state index in [4.69, 9.17) is 0 Å². The number of hydrogen-bond donors (Lipinski definition) is 1. The topological polar surface area (TPSA) is 45.0 Å². The number of benzene rings is 2. The molecule has 19 heavy (non-hydrogen) atoms. The molecule has 2 aromatic rings. The van der Waals surface area contributed by atoms with Crippen LogP contribution in [0, 0.1) is 5.82 Å². The molecule has 0 aliphatic heterocycles. The molecule has 0 saturated heterocycles. The monoisotopic (exact) mass is 322 g/mol. The van der Waals surface area contributed by atoms with Crippen molar-refractivity contribution in [1.82, 2.24) is 0 Å². The molecule has 0 unspecified atom stereocenters. The van der Waals surface area contributed by atoms with Crippen LogP contribution >= 0.6 is 15.9 Å². The lowest BCUT2D eigenvalue weighted by Crippen LogP contribution is -1.81. The van der Waals surface area contributed by atoms with Crippen molar-refractivity contribution < 1.29 is 9.50 Å². The number of rotatable bonds is 3. The fourth-order valence-electron chi connectivity index (χ4n) is 1.54. The maximum absolute atomic E-state index is 12.7. The third kappa shape index (κ3) is 3.38. The van der Waals surface area contributed by atoms with Crippen LogP contribution in [0.25, 0.3) is 0 Å². The Morgan fingerprint density at radius 1 is 1.16 bits per heavy atom. The zero-order valence-electron chi connectivity index (χ0n) is 10.3. The molecule has 0 aliphatic rings. The summed E-state index contributed by atoms with van der Waals surface area (Å²) in [5.74, 6) is -0.277. The van der Waals surface area contributed by atoms with Crippen molar-refractivity contribution in [2.45, 2.75) is 13.3 Å². The Balaban J connectivity index is 2.32. The first-order valence-corrected chi connectivity index (χ1v) is 6.58. The Morgan fingerprint density at radius 2 is 1.84 bits per heavy atom. The van der Waals surface area contributed by atoms with Gasteiger partial charge in [0.05, 0.1) is 10.2 Å². The standard InChI is InChI=1S/C14H12BrFN2O/c1-2-9-7-12(15)14(19)13(8-9)18-17-11-5-3-10(16)4-6-11/h3-8,19H,2H2,1H3. The van der Waals surface area contributed by atoms with Crippen molar-refractivity contribution >= 4 is 27.3 Å². The molecule has 3 nitrogen and oxygen atoms in total. The predicted octanol–water partition coefficient (Wildman–Crippen LogP) is 5.27. The maximum Gasteiger partial charge on any atom is 0.157 e. The summed E-state index contributed by atoms with van der Waals surface area (Å²) in [5, 5.41) is 17.8. The molecule has 0 spiro atoms. The normalized spacial score (nSPS) is 11.1. The Labute approximate surface area is 118 Å². The molecule has 0 bridgehead atoms. The summed E-state index contributed by atoms with van der Waals surface area (Å²) in [4.78, 5) is 0. The molecule has 98 valence electrons. The number of phenols is 1. The van der Waals surface area contributed by atoms with Gasteiger partial charge in [0.15, 0.2) is 5.75 Å². The van der Waals surface area contributed by atoms with Gasteiger partial charge in [0, 0.05) is 0 Å². The van der Waals surface area contributed by atoms with E-state index < -0.39 is 0 Å². The number of aryl methyl sites for hydroxylation is 1. The minimum Gasteiger partial charge on any atom is -0.505 e. The molecule has 2 rings (SSSR count). The lowest BCUT2D eigenvalue weighted by atomic mass is 10.1. The van der Waals surface area contributed by atoms with E-state index in [-0.39, 0.29) is 11.6 Å². The molecule has 0 aromatic heterocycles. The SMILES string of the molecule is CCc1cc(Br)c(O)c(N=Nc2ccc(F)cc2)c1. The van der Waals surface area contributed by atoms with Gasteiger partial charge in [0.25, 0.3) is 0 Å².